The molecule has 1 saturated heterocycles. The van der Waals surface area contributed by atoms with Crippen molar-refractivity contribution in [2.75, 3.05) is 13.2 Å². The van der Waals surface area contributed by atoms with Crippen molar-refractivity contribution in [2.24, 2.45) is 0 Å². The van der Waals surface area contributed by atoms with Gasteiger partial charge < -0.3 is 14.4 Å². The first-order valence-corrected chi connectivity index (χ1v) is 12.6. The molecule has 0 bridgehead atoms. The van der Waals surface area contributed by atoms with E-state index in [0.29, 0.717) is 41.1 Å². The zero-order valence-electron chi connectivity index (χ0n) is 20.4. The molecule has 3 aromatic carbocycles. The number of halogens is 2. The number of rotatable bonds is 8. The number of hydrogen-bond donors (Lipinski definition) is 0. The van der Waals surface area contributed by atoms with E-state index in [-0.39, 0.29) is 18.6 Å². The molecule has 0 radical (unpaired) electrons. The summed E-state index contributed by atoms with van der Waals surface area (Å²) in [5.41, 5.74) is 2.74. The largest absolute Gasteiger partial charge is 0.438 e. The van der Waals surface area contributed by atoms with Crippen LogP contribution in [0.15, 0.2) is 78.9 Å². The first kappa shape index (κ1) is 25.0. The number of ether oxygens (including phenoxy) is 2. The Morgan fingerprint density at radius 2 is 1.92 bits per heavy atom. The molecular formula is C29H27ClFN3O3. The summed E-state index contributed by atoms with van der Waals surface area (Å²) in [6, 6.07) is 22.3. The molecule has 1 atom stereocenters. The van der Waals surface area contributed by atoms with Crippen molar-refractivity contribution in [3.63, 3.8) is 0 Å². The van der Waals surface area contributed by atoms with Crippen LogP contribution in [0, 0.1) is 12.7 Å². The summed E-state index contributed by atoms with van der Waals surface area (Å²) in [4.78, 5) is 15.4. The maximum Gasteiger partial charge on any atom is 0.254 e. The molecule has 190 valence electrons. The van der Waals surface area contributed by atoms with Crippen molar-refractivity contribution < 1.29 is 18.7 Å². The lowest BCUT2D eigenvalue weighted by atomic mass is 10.1. The Bertz CT molecular complexity index is 1370. The monoisotopic (exact) mass is 519 g/mol. The zero-order chi connectivity index (χ0) is 25.8. The number of aryl methyl sites for hydroxylation is 1. The van der Waals surface area contributed by atoms with Crippen molar-refractivity contribution in [1.82, 2.24) is 14.7 Å². The standard InChI is InChI=1S/C29H27ClFN3O3/c1-20-27(19-33(18-26-11-6-16-36-26)28(35)21-7-3-2-4-8-21)29(37-25-10-5-9-23(31)17-25)34(32-20)24-14-12-22(30)13-15-24/h2-5,7-10,12-15,17,26H,6,11,16,18-19H2,1H3. The summed E-state index contributed by atoms with van der Waals surface area (Å²) >= 11 is 6.11. The molecule has 5 rings (SSSR count). The summed E-state index contributed by atoms with van der Waals surface area (Å²) in [5, 5.41) is 5.33. The smallest absolute Gasteiger partial charge is 0.254 e. The van der Waals surface area contributed by atoms with Gasteiger partial charge in [0.25, 0.3) is 5.91 Å². The summed E-state index contributed by atoms with van der Waals surface area (Å²) in [6.07, 6.45) is 1.83. The number of hydrogen-bond acceptors (Lipinski definition) is 4. The minimum absolute atomic E-state index is 0.0353. The van der Waals surface area contributed by atoms with Crippen molar-refractivity contribution in [3.8, 4) is 17.3 Å². The Morgan fingerprint density at radius 3 is 2.62 bits per heavy atom. The number of nitrogens with zero attached hydrogens (tertiary/aromatic N) is 3. The van der Waals surface area contributed by atoms with E-state index in [2.05, 4.69) is 0 Å². The van der Waals surface area contributed by atoms with E-state index in [1.165, 1.54) is 12.1 Å². The lowest BCUT2D eigenvalue weighted by molar-refractivity contribution is 0.0505. The fourth-order valence-corrected chi connectivity index (χ4v) is 4.56. The number of carbonyl (C=O) groups excluding carboxylic acids is 1. The maximum atomic E-state index is 14.0. The molecule has 0 saturated carbocycles. The molecule has 1 fully saturated rings. The van der Waals surface area contributed by atoms with Crippen LogP contribution in [-0.2, 0) is 11.3 Å². The van der Waals surface area contributed by atoms with E-state index in [1.54, 1.807) is 46.0 Å². The number of aromatic nitrogens is 2. The molecule has 0 aliphatic carbocycles. The fourth-order valence-electron chi connectivity index (χ4n) is 4.43. The third-order valence-corrected chi connectivity index (χ3v) is 6.58. The zero-order valence-corrected chi connectivity index (χ0v) is 21.2. The Labute approximate surface area is 220 Å². The molecule has 1 aromatic heterocycles. The van der Waals surface area contributed by atoms with Crippen molar-refractivity contribution >= 4 is 17.5 Å². The molecule has 6 nitrogen and oxygen atoms in total. The van der Waals surface area contributed by atoms with Gasteiger partial charge in [-0.3, -0.25) is 4.79 Å². The summed E-state index contributed by atoms with van der Waals surface area (Å²) in [6.45, 7) is 3.26. The maximum absolute atomic E-state index is 14.0. The highest BCUT2D eigenvalue weighted by molar-refractivity contribution is 6.30. The third kappa shape index (κ3) is 5.84. The van der Waals surface area contributed by atoms with Crippen molar-refractivity contribution in [2.45, 2.75) is 32.4 Å². The SMILES string of the molecule is Cc1nn(-c2ccc(Cl)cc2)c(Oc2cccc(F)c2)c1CN(CC1CCCO1)C(=O)c1ccccc1. The highest BCUT2D eigenvalue weighted by atomic mass is 35.5. The Kier molecular flexibility index (Phi) is 7.53. The Balaban J connectivity index is 1.55. The number of carbonyl (C=O) groups is 1. The van der Waals surface area contributed by atoms with Crippen LogP contribution in [0.4, 0.5) is 4.39 Å². The molecule has 8 heteroatoms. The van der Waals surface area contributed by atoms with E-state index >= 15 is 0 Å². The minimum atomic E-state index is -0.410. The quantitative estimate of drug-likeness (QED) is 0.263. The van der Waals surface area contributed by atoms with E-state index in [4.69, 9.17) is 26.2 Å². The highest BCUT2D eigenvalue weighted by Crippen LogP contribution is 2.33. The van der Waals surface area contributed by atoms with Gasteiger partial charge in [0, 0.05) is 29.8 Å². The molecule has 0 N–H and O–H groups in total. The first-order valence-electron chi connectivity index (χ1n) is 12.2. The average Bonchev–Trinajstić information content (AvgIpc) is 3.52. The molecule has 4 aromatic rings. The van der Waals surface area contributed by atoms with Crippen LogP contribution in [-0.4, -0.2) is 39.8 Å². The van der Waals surface area contributed by atoms with Gasteiger partial charge >= 0.3 is 0 Å². The molecule has 1 aliphatic rings. The molecule has 37 heavy (non-hydrogen) atoms. The van der Waals surface area contributed by atoms with E-state index < -0.39 is 5.82 Å². The number of benzene rings is 3. The highest BCUT2D eigenvalue weighted by Gasteiger charge is 2.28. The topological polar surface area (TPSA) is 56.6 Å². The van der Waals surface area contributed by atoms with Crippen LogP contribution in [0.25, 0.3) is 5.69 Å². The second-order valence-corrected chi connectivity index (χ2v) is 9.44. The normalized spacial score (nSPS) is 15.1. The van der Waals surface area contributed by atoms with Crippen LogP contribution < -0.4 is 4.74 Å². The van der Waals surface area contributed by atoms with Crippen LogP contribution in [0.1, 0.15) is 34.5 Å². The van der Waals surface area contributed by atoms with Gasteiger partial charge in [-0.05, 0) is 68.3 Å². The van der Waals surface area contributed by atoms with Crippen LogP contribution in [0.3, 0.4) is 0 Å². The van der Waals surface area contributed by atoms with E-state index in [0.717, 1.165) is 24.1 Å². The van der Waals surface area contributed by atoms with E-state index in [1.807, 2.05) is 37.3 Å². The molecule has 0 spiro atoms. The molecular weight excluding hydrogens is 493 g/mol. The molecule has 2 heterocycles. The minimum Gasteiger partial charge on any atom is -0.438 e. The Morgan fingerprint density at radius 1 is 1.14 bits per heavy atom. The van der Waals surface area contributed by atoms with Gasteiger partial charge in [0.15, 0.2) is 0 Å². The van der Waals surface area contributed by atoms with Crippen molar-refractivity contribution in [3.05, 3.63) is 107 Å². The van der Waals surface area contributed by atoms with Crippen LogP contribution >= 0.6 is 11.6 Å². The second-order valence-electron chi connectivity index (χ2n) is 9.00. The van der Waals surface area contributed by atoms with Gasteiger partial charge in [-0.15, -0.1) is 0 Å². The predicted molar refractivity (Wildman–Crippen MR) is 140 cm³/mol. The summed E-state index contributed by atoms with van der Waals surface area (Å²) in [5.74, 6) is 0.221. The van der Waals surface area contributed by atoms with Gasteiger partial charge in [-0.25, -0.2) is 9.07 Å². The van der Waals surface area contributed by atoms with Gasteiger partial charge in [0.1, 0.15) is 11.6 Å². The van der Waals surface area contributed by atoms with E-state index in [9.17, 15) is 9.18 Å². The molecule has 1 unspecified atom stereocenters. The van der Waals surface area contributed by atoms with Gasteiger partial charge in [-0.2, -0.15) is 5.10 Å². The Hall–Kier alpha value is -3.68. The van der Waals surface area contributed by atoms with Crippen LogP contribution in [0.5, 0.6) is 11.6 Å². The molecule has 1 amide bonds. The van der Waals surface area contributed by atoms with Crippen molar-refractivity contribution in [1.29, 1.82) is 0 Å². The summed E-state index contributed by atoms with van der Waals surface area (Å²) in [7, 11) is 0. The fraction of sp³-hybridized carbons (Fsp3) is 0.241. The van der Waals surface area contributed by atoms with Gasteiger partial charge in [0.05, 0.1) is 29.6 Å². The van der Waals surface area contributed by atoms with Gasteiger partial charge in [-0.1, -0.05) is 35.9 Å². The summed E-state index contributed by atoms with van der Waals surface area (Å²) < 4.78 is 27.8. The first-order chi connectivity index (χ1) is 18.0. The predicted octanol–water partition coefficient (Wildman–Crippen LogP) is 6.59. The lowest BCUT2D eigenvalue weighted by Gasteiger charge is -2.26. The average molecular weight is 520 g/mol. The van der Waals surface area contributed by atoms with Gasteiger partial charge in [0.2, 0.25) is 5.88 Å². The van der Waals surface area contributed by atoms with Crippen LogP contribution in [0.2, 0.25) is 5.02 Å². The lowest BCUT2D eigenvalue weighted by Crippen LogP contribution is -2.37. The number of amides is 1. The third-order valence-electron chi connectivity index (χ3n) is 6.32. The molecule has 1 aliphatic heterocycles. The second kappa shape index (κ2) is 11.2.